The van der Waals surface area contributed by atoms with Crippen molar-refractivity contribution < 1.29 is 37.6 Å². The van der Waals surface area contributed by atoms with Crippen molar-refractivity contribution in [2.45, 2.75) is 0 Å². The second-order valence-electron chi connectivity index (χ2n) is 0.559. The average molecular weight is 168 g/mol. The molecule has 0 radical (unpaired) electrons. The normalized spacial score (nSPS) is 11.7. The molecule has 0 bridgehead atoms. The van der Waals surface area contributed by atoms with E-state index in [0.29, 0.717) is 0 Å². The molecular weight excluding hydrogens is 167 g/mol. The van der Waals surface area contributed by atoms with Gasteiger partial charge in [0.1, 0.15) is 0 Å². The molecule has 0 fully saturated rings. The number of hydrogen-bond acceptors (Lipinski definition) is 4. The molecule has 0 saturated carbocycles. The monoisotopic (exact) mass is 168 g/mol. The van der Waals surface area contributed by atoms with Crippen LogP contribution in [-0.2, 0) is 35.0 Å². The second kappa shape index (κ2) is 2.61. The van der Waals surface area contributed by atoms with Crippen LogP contribution in [0.4, 0.5) is 0 Å². The molecule has 0 aliphatic heterocycles. The summed E-state index contributed by atoms with van der Waals surface area (Å²) in [7, 11) is -4.44. The molecule has 0 saturated heterocycles. The Morgan fingerprint density at radius 3 is 2.00 bits per heavy atom. The molecule has 0 amide bonds. The zero-order chi connectivity index (χ0) is 5.91. The van der Waals surface area contributed by atoms with Crippen LogP contribution in [0.1, 0.15) is 0 Å². The summed E-state index contributed by atoms with van der Waals surface area (Å²) in [5, 5.41) is 0. The van der Waals surface area contributed by atoms with E-state index in [1.54, 1.807) is 0 Å². The van der Waals surface area contributed by atoms with Crippen molar-refractivity contribution in [2.24, 2.45) is 0 Å². The molecule has 44 valence electrons. The summed E-state index contributed by atoms with van der Waals surface area (Å²) in [4.78, 5) is 0. The number of rotatable bonds is 2. The standard InChI is InChI=1S/Mn.H2O5S/c;1-5-6(2,3)4/h;1H,(H,2,3,4)/q+1;/p-1. The molecule has 7 heavy (non-hydrogen) atoms. The van der Waals surface area contributed by atoms with Crippen molar-refractivity contribution in [1.29, 1.82) is 0 Å². The van der Waals surface area contributed by atoms with Gasteiger partial charge in [0.2, 0.25) is 0 Å². The average Bonchev–Trinajstić information content (AvgIpc) is 1.30. The van der Waals surface area contributed by atoms with Crippen molar-refractivity contribution in [3.63, 3.8) is 0 Å². The second-order valence-corrected chi connectivity index (χ2v) is 1.75. The Labute approximate surface area is 48.6 Å². The summed E-state index contributed by atoms with van der Waals surface area (Å²) in [6, 6.07) is 0. The van der Waals surface area contributed by atoms with Crippen molar-refractivity contribution >= 4 is 10.4 Å². The third-order valence-electron chi connectivity index (χ3n) is 0.112. The van der Waals surface area contributed by atoms with Gasteiger partial charge in [-0.05, 0) is 0 Å². The van der Waals surface area contributed by atoms with Crippen LogP contribution < -0.4 is 0 Å². The summed E-state index contributed by atoms with van der Waals surface area (Å²) >= 11 is 2.12. The van der Waals surface area contributed by atoms with Gasteiger partial charge in [-0.3, -0.25) is 0 Å². The van der Waals surface area contributed by atoms with Gasteiger partial charge >= 0.3 is 48.0 Å². The van der Waals surface area contributed by atoms with E-state index in [-0.39, 0.29) is 0 Å². The molecular formula is HMnO5S. The first kappa shape index (κ1) is 7.35. The Balaban J connectivity index is 3.60. The van der Waals surface area contributed by atoms with Gasteiger partial charge in [0.25, 0.3) is 0 Å². The Morgan fingerprint density at radius 1 is 1.57 bits per heavy atom. The Bertz CT molecular complexity index is 121. The van der Waals surface area contributed by atoms with Crippen LogP contribution in [-0.4, -0.2) is 13.0 Å². The quantitative estimate of drug-likeness (QED) is 0.253. The van der Waals surface area contributed by atoms with Gasteiger partial charge < -0.3 is 0 Å². The van der Waals surface area contributed by atoms with Gasteiger partial charge in [-0.1, -0.05) is 0 Å². The van der Waals surface area contributed by atoms with Crippen LogP contribution in [0.15, 0.2) is 0 Å². The van der Waals surface area contributed by atoms with E-state index in [0.717, 1.165) is 0 Å². The summed E-state index contributed by atoms with van der Waals surface area (Å²) < 4.78 is 33.0. The van der Waals surface area contributed by atoms with E-state index in [4.69, 9.17) is 4.55 Å². The summed E-state index contributed by atoms with van der Waals surface area (Å²) in [6.07, 6.45) is 0. The molecule has 0 aliphatic rings. The molecule has 0 aromatic rings. The maximum absolute atomic E-state index is 9.41. The fraction of sp³-hybridized carbons (Fsp3) is 0. The maximum atomic E-state index is 9.41. The summed E-state index contributed by atoms with van der Waals surface area (Å²) in [5.74, 6) is 0. The molecule has 1 N–H and O–H groups in total. The van der Waals surface area contributed by atoms with Gasteiger partial charge in [0.05, 0.1) is 0 Å². The van der Waals surface area contributed by atoms with E-state index < -0.39 is 10.4 Å². The third-order valence-corrected chi connectivity index (χ3v) is 0.576. The van der Waals surface area contributed by atoms with Gasteiger partial charge in [-0.2, -0.15) is 0 Å². The molecule has 5 nitrogen and oxygen atoms in total. The van der Waals surface area contributed by atoms with E-state index in [1.165, 1.54) is 0 Å². The topological polar surface area (TPSA) is 72.8 Å². The predicted molar refractivity (Wildman–Crippen MR) is 13.7 cm³/mol. The van der Waals surface area contributed by atoms with Gasteiger partial charge in [-0.25, -0.2) is 0 Å². The first-order valence-electron chi connectivity index (χ1n) is 1.00. The van der Waals surface area contributed by atoms with Gasteiger partial charge in [-0.15, -0.1) is 0 Å². The predicted octanol–water partition coefficient (Wildman–Crippen LogP) is -0.801. The molecule has 0 aliphatic carbocycles. The van der Waals surface area contributed by atoms with Crippen LogP contribution in [0.5, 0.6) is 0 Å². The summed E-state index contributed by atoms with van der Waals surface area (Å²) in [6.45, 7) is 0. The van der Waals surface area contributed by atoms with Crippen LogP contribution in [0.2, 0.25) is 0 Å². The number of hydrogen-bond donors (Lipinski definition) is 1. The minimum atomic E-state index is -4.44. The minimum absolute atomic E-state index is 2.12. The van der Waals surface area contributed by atoms with Crippen molar-refractivity contribution in [2.75, 3.05) is 0 Å². The van der Waals surface area contributed by atoms with Gasteiger partial charge in [0, 0.05) is 0 Å². The zero-order valence-electron chi connectivity index (χ0n) is 2.87. The zero-order valence-corrected chi connectivity index (χ0v) is 4.86. The molecule has 0 heterocycles. The van der Waals surface area contributed by atoms with Crippen LogP contribution >= 0.6 is 0 Å². The Hall–Kier alpha value is 0.349. The molecule has 0 atom stereocenters. The van der Waals surface area contributed by atoms with Crippen LogP contribution in [0.3, 0.4) is 0 Å². The molecule has 0 aromatic heterocycles. The fourth-order valence-electron chi connectivity index (χ4n) is 0.0325. The van der Waals surface area contributed by atoms with Gasteiger partial charge in [0.15, 0.2) is 0 Å². The molecule has 0 rings (SSSR count). The van der Waals surface area contributed by atoms with Crippen LogP contribution in [0.25, 0.3) is 0 Å². The van der Waals surface area contributed by atoms with E-state index in [1.807, 2.05) is 0 Å². The third kappa shape index (κ3) is 6.35. The Morgan fingerprint density at radius 2 is 2.00 bits per heavy atom. The first-order valence-corrected chi connectivity index (χ1v) is 2.85. The summed E-state index contributed by atoms with van der Waals surface area (Å²) in [5.41, 5.74) is 0. The van der Waals surface area contributed by atoms with E-state index in [2.05, 4.69) is 24.6 Å². The molecule has 7 heteroatoms. The Kier molecular flexibility index (Phi) is 2.74. The molecule has 0 spiro atoms. The SMILES string of the molecule is O=S(=O)(O)O[O][Mn]. The van der Waals surface area contributed by atoms with Crippen molar-refractivity contribution in [1.82, 2.24) is 0 Å². The van der Waals surface area contributed by atoms with E-state index in [9.17, 15) is 8.42 Å². The molecule has 0 unspecified atom stereocenters. The first-order chi connectivity index (χ1) is 3.06. The van der Waals surface area contributed by atoms with Crippen molar-refractivity contribution in [3.8, 4) is 0 Å². The fourth-order valence-corrected chi connectivity index (χ4v) is 0.402. The van der Waals surface area contributed by atoms with Crippen molar-refractivity contribution in [3.05, 3.63) is 0 Å². The van der Waals surface area contributed by atoms with Crippen LogP contribution in [0, 0.1) is 0 Å². The van der Waals surface area contributed by atoms with E-state index >= 15 is 0 Å². The molecule has 0 aromatic carbocycles.